The molecule has 1 aromatic heterocycles. The molecular weight excluding hydrogens is 344 g/mol. The maximum atomic E-state index is 11.5. The number of hydrogen-bond acceptors (Lipinski definition) is 5. The van der Waals surface area contributed by atoms with E-state index in [-0.39, 0.29) is 18.1 Å². The van der Waals surface area contributed by atoms with E-state index in [9.17, 15) is 14.7 Å². The molecule has 6 nitrogen and oxygen atoms in total. The maximum absolute atomic E-state index is 11.5. The van der Waals surface area contributed by atoms with Crippen LogP contribution in [-0.4, -0.2) is 36.1 Å². The van der Waals surface area contributed by atoms with Gasteiger partial charge in [0.2, 0.25) is 6.41 Å². The summed E-state index contributed by atoms with van der Waals surface area (Å²) < 4.78 is 4.59. The number of amides is 1. The summed E-state index contributed by atoms with van der Waals surface area (Å²) in [6.07, 6.45) is 1.22. The van der Waals surface area contributed by atoms with Gasteiger partial charge >= 0.3 is 5.97 Å². The summed E-state index contributed by atoms with van der Waals surface area (Å²) in [5, 5.41) is 12.0. The molecule has 0 unspecified atom stereocenters. The molecule has 0 saturated carbocycles. The normalized spacial score (nSPS) is 10.6. The summed E-state index contributed by atoms with van der Waals surface area (Å²) in [7, 11) is 1.23. The molecule has 3 rings (SSSR count). The summed E-state index contributed by atoms with van der Waals surface area (Å²) in [6, 6.07) is 15.8. The van der Waals surface area contributed by atoms with E-state index in [1.807, 2.05) is 36.4 Å². The molecule has 0 aliphatic rings. The minimum atomic E-state index is -0.598. The molecule has 1 heterocycles. The number of benzene rings is 2. The molecule has 1 amide bonds. The highest BCUT2D eigenvalue weighted by Gasteiger charge is 2.20. The summed E-state index contributed by atoms with van der Waals surface area (Å²) in [5.74, 6) is -0.701. The van der Waals surface area contributed by atoms with Crippen molar-refractivity contribution in [3.8, 4) is 5.75 Å². The van der Waals surface area contributed by atoms with Crippen molar-refractivity contribution >= 4 is 29.0 Å². The van der Waals surface area contributed by atoms with Gasteiger partial charge in [-0.05, 0) is 30.5 Å². The number of pyridine rings is 1. The van der Waals surface area contributed by atoms with Crippen LogP contribution in [-0.2, 0) is 20.7 Å². The number of carbonyl (C=O) groups excluding carboxylic acids is 2. The Labute approximate surface area is 157 Å². The number of fused-ring (bicyclic) bond motifs is 1. The largest absolute Gasteiger partial charge is 0.504 e. The third-order valence-corrected chi connectivity index (χ3v) is 4.39. The van der Waals surface area contributed by atoms with Crippen molar-refractivity contribution in [3.63, 3.8) is 0 Å². The molecule has 3 aromatic rings. The Morgan fingerprint density at radius 1 is 1.15 bits per heavy atom. The van der Waals surface area contributed by atoms with E-state index in [1.165, 1.54) is 12.7 Å². The van der Waals surface area contributed by atoms with Gasteiger partial charge in [-0.25, -0.2) is 4.98 Å². The fourth-order valence-corrected chi connectivity index (χ4v) is 3.00. The Hall–Kier alpha value is -3.41. The summed E-state index contributed by atoms with van der Waals surface area (Å²) >= 11 is 0. The van der Waals surface area contributed by atoms with Crippen LogP contribution in [0.4, 0.5) is 5.82 Å². The van der Waals surface area contributed by atoms with Crippen molar-refractivity contribution in [1.29, 1.82) is 0 Å². The lowest BCUT2D eigenvalue weighted by atomic mass is 10.0. The highest BCUT2D eigenvalue weighted by atomic mass is 16.5. The number of hydrogen-bond donors (Lipinski definition) is 1. The van der Waals surface area contributed by atoms with Crippen molar-refractivity contribution in [1.82, 2.24) is 4.98 Å². The molecule has 2 aromatic carbocycles. The predicted octanol–water partition coefficient (Wildman–Crippen LogP) is 2.98. The van der Waals surface area contributed by atoms with E-state index in [0.717, 1.165) is 22.3 Å². The van der Waals surface area contributed by atoms with Crippen LogP contribution in [0.5, 0.6) is 5.75 Å². The molecule has 138 valence electrons. The predicted molar refractivity (Wildman–Crippen MR) is 103 cm³/mol. The number of nitrogens with zero attached hydrogens (tertiary/aromatic N) is 2. The molecular formula is C21H20N2O4. The second kappa shape index (κ2) is 7.86. The van der Waals surface area contributed by atoms with E-state index in [0.29, 0.717) is 17.5 Å². The van der Waals surface area contributed by atoms with E-state index >= 15 is 0 Å². The van der Waals surface area contributed by atoms with Crippen LogP contribution in [0.1, 0.15) is 16.8 Å². The highest BCUT2D eigenvalue weighted by molar-refractivity contribution is 5.97. The number of aromatic hydroxyl groups is 1. The van der Waals surface area contributed by atoms with E-state index < -0.39 is 5.97 Å². The molecule has 0 radical (unpaired) electrons. The lowest BCUT2D eigenvalue weighted by Crippen LogP contribution is -2.30. The van der Waals surface area contributed by atoms with Gasteiger partial charge in [-0.3, -0.25) is 14.5 Å². The van der Waals surface area contributed by atoms with Gasteiger partial charge in [-0.1, -0.05) is 42.5 Å². The zero-order valence-corrected chi connectivity index (χ0v) is 15.2. The standard InChI is InChI=1S/C21H20N2O4/c1-14-18-11-16(10-15-6-4-3-5-7-15)8-9-17(18)20(26)21(22-14)23(13-24)12-19(25)27-2/h3-9,11,13,26H,10,12H2,1-2H3. The maximum Gasteiger partial charge on any atom is 0.325 e. The van der Waals surface area contributed by atoms with Gasteiger partial charge in [-0.2, -0.15) is 0 Å². The average Bonchev–Trinajstić information content (AvgIpc) is 2.69. The van der Waals surface area contributed by atoms with Crippen LogP contribution in [0.25, 0.3) is 10.8 Å². The minimum absolute atomic E-state index is 0.0382. The van der Waals surface area contributed by atoms with Gasteiger partial charge in [0.05, 0.1) is 7.11 Å². The van der Waals surface area contributed by atoms with Crippen LogP contribution < -0.4 is 4.90 Å². The number of methoxy groups -OCH3 is 1. The molecule has 0 spiro atoms. The van der Waals surface area contributed by atoms with Crippen molar-refractivity contribution < 1.29 is 19.4 Å². The van der Waals surface area contributed by atoms with Gasteiger partial charge in [0, 0.05) is 16.5 Å². The number of carbonyl (C=O) groups is 2. The van der Waals surface area contributed by atoms with Crippen LogP contribution in [0, 0.1) is 6.92 Å². The fourth-order valence-electron chi connectivity index (χ4n) is 3.00. The molecule has 1 N–H and O–H groups in total. The van der Waals surface area contributed by atoms with Gasteiger partial charge in [0.25, 0.3) is 0 Å². The number of esters is 1. The average molecular weight is 364 g/mol. The van der Waals surface area contributed by atoms with E-state index in [2.05, 4.69) is 21.9 Å². The molecule has 0 fully saturated rings. The lowest BCUT2D eigenvalue weighted by molar-refractivity contribution is -0.139. The summed E-state index contributed by atoms with van der Waals surface area (Å²) in [5.41, 5.74) is 2.94. The SMILES string of the molecule is COC(=O)CN(C=O)c1nc(C)c2cc(Cc3ccccc3)ccc2c1O. The number of aromatic nitrogens is 1. The highest BCUT2D eigenvalue weighted by Crippen LogP contribution is 2.35. The quantitative estimate of drug-likeness (QED) is 0.537. The van der Waals surface area contributed by atoms with Crippen LogP contribution in [0.2, 0.25) is 0 Å². The topological polar surface area (TPSA) is 79.7 Å². The number of ether oxygens (including phenoxy) is 1. The van der Waals surface area contributed by atoms with E-state index in [1.54, 1.807) is 6.92 Å². The summed E-state index contributed by atoms with van der Waals surface area (Å²) in [6.45, 7) is 1.48. The first-order valence-electron chi connectivity index (χ1n) is 8.48. The van der Waals surface area contributed by atoms with Crippen molar-refractivity contribution in [2.24, 2.45) is 0 Å². The van der Waals surface area contributed by atoms with Gasteiger partial charge in [0.15, 0.2) is 11.6 Å². The van der Waals surface area contributed by atoms with Gasteiger partial charge < -0.3 is 9.84 Å². The third-order valence-electron chi connectivity index (χ3n) is 4.39. The number of anilines is 1. The zero-order valence-electron chi connectivity index (χ0n) is 15.2. The second-order valence-corrected chi connectivity index (χ2v) is 6.22. The molecule has 0 saturated heterocycles. The molecule has 6 heteroatoms. The molecule has 27 heavy (non-hydrogen) atoms. The molecule has 0 aliphatic carbocycles. The van der Waals surface area contributed by atoms with E-state index in [4.69, 9.17) is 0 Å². The second-order valence-electron chi connectivity index (χ2n) is 6.22. The van der Waals surface area contributed by atoms with Crippen molar-refractivity contribution in [2.75, 3.05) is 18.6 Å². The first kappa shape index (κ1) is 18.4. The van der Waals surface area contributed by atoms with Crippen LogP contribution in [0.3, 0.4) is 0 Å². The Kier molecular flexibility index (Phi) is 5.35. The molecule has 0 bridgehead atoms. The molecule has 0 aliphatic heterocycles. The summed E-state index contributed by atoms with van der Waals surface area (Å²) in [4.78, 5) is 28.3. The minimum Gasteiger partial charge on any atom is -0.504 e. The monoisotopic (exact) mass is 364 g/mol. The first-order chi connectivity index (χ1) is 13.0. The fraction of sp³-hybridized carbons (Fsp3) is 0.190. The lowest BCUT2D eigenvalue weighted by Gasteiger charge is -2.18. The Bertz CT molecular complexity index is 986. The molecule has 0 atom stereocenters. The smallest absolute Gasteiger partial charge is 0.325 e. The van der Waals surface area contributed by atoms with Gasteiger partial charge in [0.1, 0.15) is 6.54 Å². The number of aryl methyl sites for hydroxylation is 1. The third kappa shape index (κ3) is 3.89. The van der Waals surface area contributed by atoms with Gasteiger partial charge in [-0.15, -0.1) is 0 Å². The number of rotatable bonds is 6. The van der Waals surface area contributed by atoms with Crippen molar-refractivity contribution in [3.05, 3.63) is 65.4 Å². The Morgan fingerprint density at radius 2 is 1.89 bits per heavy atom. The van der Waals surface area contributed by atoms with Crippen LogP contribution in [0.15, 0.2) is 48.5 Å². The Balaban J connectivity index is 2.01. The Morgan fingerprint density at radius 3 is 2.56 bits per heavy atom. The first-order valence-corrected chi connectivity index (χ1v) is 8.48. The zero-order chi connectivity index (χ0) is 19.4. The van der Waals surface area contributed by atoms with Crippen molar-refractivity contribution in [2.45, 2.75) is 13.3 Å². The van der Waals surface area contributed by atoms with Crippen LogP contribution >= 0.6 is 0 Å².